The Morgan fingerprint density at radius 3 is 2.61 bits per heavy atom. The van der Waals surface area contributed by atoms with Gasteiger partial charge in [-0.1, -0.05) is 18.5 Å². The van der Waals surface area contributed by atoms with Crippen LogP contribution in [0.3, 0.4) is 0 Å². The summed E-state index contributed by atoms with van der Waals surface area (Å²) in [6.07, 6.45) is 5.94. The molecule has 31 heavy (non-hydrogen) atoms. The van der Waals surface area contributed by atoms with E-state index < -0.39 is 0 Å². The van der Waals surface area contributed by atoms with E-state index >= 15 is 0 Å². The average Bonchev–Trinajstić information content (AvgIpc) is 2.78. The molecule has 4 nitrogen and oxygen atoms in total. The summed E-state index contributed by atoms with van der Waals surface area (Å²) in [7, 11) is 0. The molecule has 1 atom stereocenters. The number of hydrogen-bond acceptors (Lipinski definition) is 3. The van der Waals surface area contributed by atoms with Crippen molar-refractivity contribution in [3.8, 4) is 0 Å². The molecular weight excluding hydrogens is 413 g/mol. The quantitative estimate of drug-likeness (QED) is 0.408. The van der Waals surface area contributed by atoms with E-state index in [2.05, 4.69) is 16.9 Å². The number of rotatable bonds is 3. The lowest BCUT2D eigenvalue weighted by Crippen LogP contribution is -2.22. The van der Waals surface area contributed by atoms with Gasteiger partial charge in [-0.05, 0) is 85.5 Å². The number of aromatic amines is 1. The Balaban J connectivity index is 1.36. The molecule has 1 saturated carbocycles. The summed E-state index contributed by atoms with van der Waals surface area (Å²) in [4.78, 5) is 24.6. The monoisotopic (exact) mass is 435 g/mol. The molecule has 1 aliphatic carbocycles. The summed E-state index contributed by atoms with van der Waals surface area (Å²) in [6.45, 7) is 2.14. The average molecular weight is 436 g/mol. The van der Waals surface area contributed by atoms with E-state index in [-0.39, 0.29) is 17.3 Å². The second-order valence-corrected chi connectivity index (χ2v) is 9.01. The van der Waals surface area contributed by atoms with Gasteiger partial charge in [-0.2, -0.15) is 0 Å². The van der Waals surface area contributed by atoms with Crippen LogP contribution in [0.25, 0.3) is 21.8 Å². The third kappa shape index (κ3) is 3.83. The zero-order chi connectivity index (χ0) is 21.5. The smallest absolute Gasteiger partial charge is 0.258 e. The predicted octanol–water partition coefficient (Wildman–Crippen LogP) is 6.34. The highest BCUT2D eigenvalue weighted by Gasteiger charge is 2.29. The summed E-state index contributed by atoms with van der Waals surface area (Å²) < 4.78 is 13.8. The fourth-order valence-corrected chi connectivity index (χ4v) is 5.17. The third-order valence-corrected chi connectivity index (χ3v) is 7.01. The topological polar surface area (TPSA) is 58.6 Å². The summed E-state index contributed by atoms with van der Waals surface area (Å²) in [6, 6.07) is 12.1. The van der Waals surface area contributed by atoms with Crippen molar-refractivity contribution in [2.75, 3.05) is 0 Å². The standard InChI is InChI=1S/C25H23ClFN3O/c1-14(24-29-23-8-6-17(26)12-21(23)25(31)30-24)15-2-4-16(5-3-15)19-10-11-28-22-9-7-18(27)13-20(19)22/h6-16H,2-5H2,1H3,(H,29,30,31)/t14-,15?,16?/m1/s1. The van der Waals surface area contributed by atoms with E-state index in [1.54, 1.807) is 30.3 Å². The number of nitrogens with one attached hydrogen (secondary N) is 1. The number of hydrogen-bond donors (Lipinski definition) is 1. The molecule has 0 bridgehead atoms. The Bertz CT molecular complexity index is 1330. The first-order chi connectivity index (χ1) is 15.0. The summed E-state index contributed by atoms with van der Waals surface area (Å²) in [5, 5.41) is 1.96. The van der Waals surface area contributed by atoms with Crippen LogP contribution in [-0.4, -0.2) is 15.0 Å². The minimum Gasteiger partial charge on any atom is -0.310 e. The van der Waals surface area contributed by atoms with Crippen molar-refractivity contribution in [3.05, 3.63) is 81.2 Å². The van der Waals surface area contributed by atoms with Crippen LogP contribution in [0.5, 0.6) is 0 Å². The van der Waals surface area contributed by atoms with Crippen LogP contribution in [0, 0.1) is 11.7 Å². The molecule has 0 radical (unpaired) electrons. The van der Waals surface area contributed by atoms with Gasteiger partial charge < -0.3 is 4.98 Å². The lowest BCUT2D eigenvalue weighted by molar-refractivity contribution is 0.285. The van der Waals surface area contributed by atoms with Gasteiger partial charge in [0.25, 0.3) is 5.56 Å². The summed E-state index contributed by atoms with van der Waals surface area (Å²) in [5.41, 5.74) is 2.56. The predicted molar refractivity (Wildman–Crippen MR) is 122 cm³/mol. The van der Waals surface area contributed by atoms with Crippen molar-refractivity contribution in [2.24, 2.45) is 5.92 Å². The summed E-state index contributed by atoms with van der Waals surface area (Å²) in [5.74, 6) is 1.49. The van der Waals surface area contributed by atoms with E-state index in [4.69, 9.17) is 16.6 Å². The third-order valence-electron chi connectivity index (χ3n) is 6.77. The molecule has 158 valence electrons. The van der Waals surface area contributed by atoms with Gasteiger partial charge >= 0.3 is 0 Å². The van der Waals surface area contributed by atoms with E-state index in [1.165, 1.54) is 11.6 Å². The molecule has 0 spiro atoms. The van der Waals surface area contributed by atoms with Crippen molar-refractivity contribution in [3.63, 3.8) is 0 Å². The zero-order valence-corrected chi connectivity index (χ0v) is 18.0. The van der Waals surface area contributed by atoms with E-state index in [0.717, 1.165) is 42.4 Å². The van der Waals surface area contributed by atoms with Gasteiger partial charge in [-0.3, -0.25) is 9.78 Å². The lowest BCUT2D eigenvalue weighted by Gasteiger charge is -2.32. The second-order valence-electron chi connectivity index (χ2n) is 8.57. The van der Waals surface area contributed by atoms with Gasteiger partial charge in [0.1, 0.15) is 11.6 Å². The first-order valence-electron chi connectivity index (χ1n) is 10.7. The zero-order valence-electron chi connectivity index (χ0n) is 17.2. The number of benzene rings is 2. The minimum atomic E-state index is -0.225. The number of H-pyrrole nitrogens is 1. The molecule has 1 fully saturated rings. The molecule has 0 amide bonds. The number of fused-ring (bicyclic) bond motifs is 2. The molecule has 1 N–H and O–H groups in total. The van der Waals surface area contributed by atoms with Gasteiger partial charge in [0, 0.05) is 22.5 Å². The van der Waals surface area contributed by atoms with Crippen LogP contribution >= 0.6 is 11.6 Å². The highest BCUT2D eigenvalue weighted by Crippen LogP contribution is 2.42. The molecule has 0 aliphatic heterocycles. The van der Waals surface area contributed by atoms with Crippen molar-refractivity contribution in [2.45, 2.75) is 44.4 Å². The van der Waals surface area contributed by atoms with Crippen molar-refractivity contribution >= 4 is 33.4 Å². The maximum absolute atomic E-state index is 13.8. The molecule has 1 aliphatic rings. The number of pyridine rings is 1. The van der Waals surface area contributed by atoms with E-state index in [0.29, 0.717) is 27.8 Å². The van der Waals surface area contributed by atoms with Crippen LogP contribution < -0.4 is 5.56 Å². The van der Waals surface area contributed by atoms with Crippen LogP contribution in [0.2, 0.25) is 5.02 Å². The largest absolute Gasteiger partial charge is 0.310 e. The van der Waals surface area contributed by atoms with Gasteiger partial charge in [0.05, 0.1) is 16.4 Å². The number of aromatic nitrogens is 3. The van der Waals surface area contributed by atoms with Crippen LogP contribution in [0.4, 0.5) is 4.39 Å². The molecule has 5 rings (SSSR count). The molecule has 2 aromatic heterocycles. The first-order valence-corrected chi connectivity index (χ1v) is 11.1. The maximum atomic E-state index is 13.8. The molecular formula is C25H23ClFN3O. The van der Waals surface area contributed by atoms with Gasteiger partial charge in [0.2, 0.25) is 0 Å². The highest BCUT2D eigenvalue weighted by atomic mass is 35.5. The van der Waals surface area contributed by atoms with Crippen LogP contribution in [0.15, 0.2) is 53.5 Å². The second kappa shape index (κ2) is 8.04. The van der Waals surface area contributed by atoms with Crippen LogP contribution in [-0.2, 0) is 0 Å². The van der Waals surface area contributed by atoms with Crippen molar-refractivity contribution < 1.29 is 4.39 Å². The fourth-order valence-electron chi connectivity index (χ4n) is 4.99. The van der Waals surface area contributed by atoms with Crippen molar-refractivity contribution in [1.29, 1.82) is 0 Å². The van der Waals surface area contributed by atoms with E-state index in [1.807, 2.05) is 12.3 Å². The minimum absolute atomic E-state index is 0.145. The first kappa shape index (κ1) is 20.1. The fraction of sp³-hybridized carbons (Fsp3) is 0.320. The highest BCUT2D eigenvalue weighted by molar-refractivity contribution is 6.31. The normalized spacial score (nSPS) is 20.2. The van der Waals surface area contributed by atoms with Gasteiger partial charge in [0.15, 0.2) is 0 Å². The maximum Gasteiger partial charge on any atom is 0.258 e. The lowest BCUT2D eigenvalue weighted by atomic mass is 9.73. The number of nitrogens with zero attached hydrogens (tertiary/aromatic N) is 2. The summed E-state index contributed by atoms with van der Waals surface area (Å²) >= 11 is 6.02. The van der Waals surface area contributed by atoms with Gasteiger partial charge in [-0.15, -0.1) is 0 Å². The molecule has 2 aromatic carbocycles. The Kier molecular flexibility index (Phi) is 5.22. The Labute approximate surface area is 184 Å². The molecule has 2 heterocycles. The van der Waals surface area contributed by atoms with E-state index in [9.17, 15) is 9.18 Å². The Morgan fingerprint density at radius 2 is 1.81 bits per heavy atom. The van der Waals surface area contributed by atoms with Crippen LogP contribution in [0.1, 0.15) is 55.8 Å². The molecule has 4 aromatic rings. The molecule has 0 unspecified atom stereocenters. The SMILES string of the molecule is C[C@@H](c1nc2ccc(Cl)cc2c(=O)[nH]1)C1CCC(c2ccnc3ccc(F)cc23)CC1. The van der Waals surface area contributed by atoms with Gasteiger partial charge in [-0.25, -0.2) is 9.37 Å². The van der Waals surface area contributed by atoms with Crippen molar-refractivity contribution in [1.82, 2.24) is 15.0 Å². The Morgan fingerprint density at radius 1 is 1.03 bits per heavy atom. The number of halogens is 2. The molecule has 0 saturated heterocycles. The molecule has 6 heteroatoms. The Hall–Kier alpha value is -2.79.